The van der Waals surface area contributed by atoms with Gasteiger partial charge >= 0.3 is 0 Å². The lowest BCUT2D eigenvalue weighted by molar-refractivity contribution is 0.135. The van der Waals surface area contributed by atoms with Crippen molar-refractivity contribution in [3.8, 4) is 0 Å². The summed E-state index contributed by atoms with van der Waals surface area (Å²) < 4.78 is 1.82. The maximum absolute atomic E-state index is 5.69. The highest BCUT2D eigenvalue weighted by atomic mass is 35.6. The molecule has 0 fully saturated rings. The second-order valence-electron chi connectivity index (χ2n) is 2.56. The number of hydrogen-bond acceptors (Lipinski definition) is 1. The first kappa shape index (κ1) is 17.3. The van der Waals surface area contributed by atoms with Crippen molar-refractivity contribution >= 4 is 92.8 Å². The minimum absolute atomic E-state index is 0.0119. The van der Waals surface area contributed by atoms with Gasteiger partial charge in [-0.3, -0.25) is 0 Å². The molecule has 0 spiro atoms. The lowest BCUT2D eigenvalue weighted by atomic mass is 10.4. The van der Waals surface area contributed by atoms with Gasteiger partial charge in [0.25, 0.3) is 0 Å². The van der Waals surface area contributed by atoms with Crippen molar-refractivity contribution in [3.63, 3.8) is 0 Å². The molecule has 1 nitrogen and oxygen atoms in total. The van der Waals surface area contributed by atoms with E-state index in [-0.39, 0.29) is 13.2 Å². The summed E-state index contributed by atoms with van der Waals surface area (Å²) in [6.45, 7) is -0.0238. The lowest BCUT2D eigenvalue weighted by Gasteiger charge is -2.21. The maximum Gasteiger partial charge on any atom is 0.208 e. The summed E-state index contributed by atoms with van der Waals surface area (Å²) in [5.74, 6) is 0. The molecule has 0 aromatic carbocycles. The Balaban J connectivity index is 3.81. The first-order chi connectivity index (χ1) is 6.55. The average Bonchev–Trinajstić information content (AvgIpc) is 2.00. The van der Waals surface area contributed by atoms with E-state index >= 15 is 0 Å². The van der Waals surface area contributed by atoms with Crippen LogP contribution < -0.4 is 0 Å². The Morgan fingerprint density at radius 3 is 1.20 bits per heavy atom. The zero-order chi connectivity index (χ0) is 12.3. The predicted molar refractivity (Wildman–Crippen MR) is 70.7 cm³/mol. The molecule has 0 aliphatic carbocycles. The molecule has 0 aromatic rings. The van der Waals surface area contributed by atoms with Crippen LogP contribution in [-0.2, 0) is 4.74 Å². The van der Waals surface area contributed by atoms with Gasteiger partial charge < -0.3 is 4.74 Å². The van der Waals surface area contributed by atoms with Gasteiger partial charge in [0, 0.05) is 0 Å². The fraction of sp³-hybridized carbons (Fsp3) is 1.00. The molecule has 0 amide bonds. The molecule has 0 bridgehead atoms. The fourth-order valence-corrected chi connectivity index (χ4v) is 1.02. The van der Waals surface area contributed by atoms with E-state index in [2.05, 4.69) is 0 Å². The lowest BCUT2D eigenvalue weighted by Crippen LogP contribution is -2.30. The van der Waals surface area contributed by atoms with E-state index in [1.54, 1.807) is 0 Å². The van der Waals surface area contributed by atoms with Crippen LogP contribution in [0, 0.1) is 0 Å². The van der Waals surface area contributed by atoms with Crippen molar-refractivity contribution in [1.29, 1.82) is 0 Å². The predicted octanol–water partition coefficient (Wildman–Crippen LogP) is 4.96. The van der Waals surface area contributed by atoms with Crippen LogP contribution in [0.4, 0.5) is 0 Å². The van der Waals surface area contributed by atoms with Crippen molar-refractivity contribution in [2.45, 2.75) is 18.3 Å². The summed E-state index contributed by atoms with van der Waals surface area (Å²) in [6.07, 6.45) is 0. The van der Waals surface area contributed by atoms with Crippen molar-refractivity contribution in [2.24, 2.45) is 0 Å². The van der Waals surface area contributed by atoms with E-state index in [4.69, 9.17) is 97.5 Å². The molecule has 9 heteroatoms. The Hall–Kier alpha value is 2.28. The quantitative estimate of drug-likeness (QED) is 0.629. The summed E-state index contributed by atoms with van der Waals surface area (Å²) in [5.41, 5.74) is 0. The normalized spacial score (nSPS) is 17.6. The highest BCUT2D eigenvalue weighted by molar-refractivity contribution is 6.70. The van der Waals surface area contributed by atoms with E-state index in [0.29, 0.717) is 0 Å². The van der Waals surface area contributed by atoms with Crippen LogP contribution >= 0.6 is 92.8 Å². The van der Waals surface area contributed by atoms with Gasteiger partial charge in [-0.1, -0.05) is 69.6 Å². The third-order valence-corrected chi connectivity index (χ3v) is 4.40. The van der Waals surface area contributed by atoms with Gasteiger partial charge in [-0.15, -0.1) is 23.2 Å². The minimum Gasteiger partial charge on any atom is -0.378 e. The Labute approximate surface area is 128 Å². The topological polar surface area (TPSA) is 9.23 Å². The Bertz CT molecular complexity index is 165. The third-order valence-electron chi connectivity index (χ3n) is 1.24. The van der Waals surface area contributed by atoms with E-state index < -0.39 is 18.3 Å². The number of alkyl halides is 8. The van der Waals surface area contributed by atoms with Gasteiger partial charge in [0.05, 0.1) is 13.2 Å². The smallest absolute Gasteiger partial charge is 0.208 e. The van der Waals surface area contributed by atoms with E-state index in [0.717, 1.165) is 0 Å². The van der Waals surface area contributed by atoms with Crippen molar-refractivity contribution in [1.82, 2.24) is 0 Å². The number of rotatable bonds is 4. The number of halogens is 8. The van der Waals surface area contributed by atoms with E-state index in [1.165, 1.54) is 0 Å². The largest absolute Gasteiger partial charge is 0.378 e. The van der Waals surface area contributed by atoms with Crippen molar-refractivity contribution in [2.75, 3.05) is 13.2 Å². The highest BCUT2D eigenvalue weighted by Gasteiger charge is 2.33. The SMILES string of the molecule is Cl[C@H](COC[C@H](Cl)C(Cl)(Cl)Cl)C(Cl)(Cl)Cl. The van der Waals surface area contributed by atoms with Gasteiger partial charge in [0.15, 0.2) is 0 Å². The van der Waals surface area contributed by atoms with Crippen molar-refractivity contribution < 1.29 is 4.74 Å². The molecular weight excluding hydrogens is 372 g/mol. The number of hydrogen-bond donors (Lipinski definition) is 0. The molecule has 92 valence electrons. The summed E-state index contributed by atoms with van der Waals surface area (Å²) >= 11 is 44.4. The Morgan fingerprint density at radius 2 is 1.00 bits per heavy atom. The van der Waals surface area contributed by atoms with Gasteiger partial charge in [0.2, 0.25) is 7.59 Å². The number of ether oxygens (including phenoxy) is 1. The summed E-state index contributed by atoms with van der Waals surface area (Å²) in [6, 6.07) is 0. The standard InChI is InChI=1S/C6H6Cl8O/c7-3(5(9,10)11)1-15-2-4(8)6(12,13)14/h3-4H,1-2H2/t3-,4+. The first-order valence-electron chi connectivity index (χ1n) is 3.54. The zero-order valence-corrected chi connectivity index (χ0v) is 13.0. The molecule has 0 aliphatic rings. The van der Waals surface area contributed by atoms with Crippen LogP contribution in [0.2, 0.25) is 0 Å². The van der Waals surface area contributed by atoms with Crippen LogP contribution in [0.3, 0.4) is 0 Å². The van der Waals surface area contributed by atoms with E-state index in [9.17, 15) is 0 Å². The average molecular weight is 378 g/mol. The second kappa shape index (κ2) is 7.01. The van der Waals surface area contributed by atoms with Crippen molar-refractivity contribution in [3.05, 3.63) is 0 Å². The molecular formula is C6H6Cl8O. The Morgan fingerprint density at radius 1 is 0.733 bits per heavy atom. The summed E-state index contributed by atoms with van der Waals surface area (Å²) in [4.78, 5) is 0. The Kier molecular flexibility index (Phi) is 8.08. The molecule has 0 saturated heterocycles. The molecule has 0 aliphatic heterocycles. The van der Waals surface area contributed by atoms with Gasteiger partial charge in [-0.25, -0.2) is 0 Å². The summed E-state index contributed by atoms with van der Waals surface area (Å²) in [5, 5.41) is -1.61. The van der Waals surface area contributed by atoms with E-state index in [1.807, 2.05) is 0 Å². The van der Waals surface area contributed by atoms with Gasteiger partial charge in [-0.2, -0.15) is 0 Å². The molecule has 0 radical (unpaired) electrons. The van der Waals surface area contributed by atoms with Gasteiger partial charge in [0.1, 0.15) is 10.8 Å². The third kappa shape index (κ3) is 8.07. The molecule has 0 unspecified atom stereocenters. The van der Waals surface area contributed by atoms with Gasteiger partial charge in [-0.05, 0) is 0 Å². The van der Waals surface area contributed by atoms with Crippen LogP contribution in [0.5, 0.6) is 0 Å². The first-order valence-corrected chi connectivity index (χ1v) is 6.68. The molecule has 2 atom stereocenters. The molecule has 15 heavy (non-hydrogen) atoms. The molecule has 0 saturated carbocycles. The maximum atomic E-state index is 5.69. The molecule has 0 heterocycles. The monoisotopic (exact) mass is 374 g/mol. The minimum atomic E-state index is -1.61. The molecule has 0 N–H and O–H groups in total. The molecule has 0 rings (SSSR count). The van der Waals surface area contributed by atoms with Crippen LogP contribution in [0.1, 0.15) is 0 Å². The summed E-state index contributed by atoms with van der Waals surface area (Å²) in [7, 11) is 0. The zero-order valence-electron chi connectivity index (χ0n) is 7.00. The van der Waals surface area contributed by atoms with Crippen LogP contribution in [-0.4, -0.2) is 31.6 Å². The van der Waals surface area contributed by atoms with Crippen LogP contribution in [0.25, 0.3) is 0 Å². The second-order valence-corrected chi connectivity index (χ2v) is 8.35. The fourth-order valence-electron chi connectivity index (χ4n) is 0.464. The molecule has 0 aromatic heterocycles. The highest BCUT2D eigenvalue weighted by Crippen LogP contribution is 2.35. The van der Waals surface area contributed by atoms with Crippen LogP contribution in [0.15, 0.2) is 0 Å².